The molecule has 0 bridgehead atoms. The monoisotopic (exact) mass is 253 g/mol. The fourth-order valence-electron chi connectivity index (χ4n) is 3.32. The Balaban J connectivity index is 1.71. The predicted molar refractivity (Wildman–Crippen MR) is 78.0 cm³/mol. The van der Waals surface area contributed by atoms with E-state index in [0.29, 0.717) is 5.54 Å². The van der Waals surface area contributed by atoms with E-state index in [-0.39, 0.29) is 0 Å². The maximum absolute atomic E-state index is 2.69. The van der Waals surface area contributed by atoms with Crippen LogP contribution in [0, 0.1) is 5.92 Å². The van der Waals surface area contributed by atoms with Crippen LogP contribution >= 0.6 is 0 Å². The number of likely N-dealkylation sites (tertiary alicyclic amines) is 1. The fraction of sp³-hybridized carbons (Fsp3) is 1.00. The first-order valence-electron chi connectivity index (χ1n) is 7.69. The molecule has 2 fully saturated rings. The Bertz CT molecular complexity index is 251. The molecule has 0 spiro atoms. The van der Waals surface area contributed by atoms with Gasteiger partial charge in [-0.05, 0) is 46.2 Å². The van der Waals surface area contributed by atoms with E-state index in [1.807, 2.05) is 0 Å². The van der Waals surface area contributed by atoms with Gasteiger partial charge in [-0.2, -0.15) is 0 Å². The molecule has 2 saturated heterocycles. The summed E-state index contributed by atoms with van der Waals surface area (Å²) < 4.78 is 0. The van der Waals surface area contributed by atoms with E-state index in [2.05, 4.69) is 42.4 Å². The van der Waals surface area contributed by atoms with Gasteiger partial charge in [-0.15, -0.1) is 0 Å². The van der Waals surface area contributed by atoms with Crippen LogP contribution in [-0.2, 0) is 0 Å². The molecule has 0 aromatic rings. The molecule has 0 saturated carbocycles. The third kappa shape index (κ3) is 3.69. The van der Waals surface area contributed by atoms with Crippen LogP contribution in [0.5, 0.6) is 0 Å². The van der Waals surface area contributed by atoms with Crippen molar-refractivity contribution in [1.82, 2.24) is 14.7 Å². The molecular weight excluding hydrogens is 222 g/mol. The first-order valence-corrected chi connectivity index (χ1v) is 7.69. The Morgan fingerprint density at radius 2 is 1.61 bits per heavy atom. The lowest BCUT2D eigenvalue weighted by Crippen LogP contribution is -2.54. The zero-order valence-electron chi connectivity index (χ0n) is 12.8. The van der Waals surface area contributed by atoms with Crippen molar-refractivity contribution in [3.8, 4) is 0 Å². The summed E-state index contributed by atoms with van der Waals surface area (Å²) in [5.74, 6) is 0.922. The summed E-state index contributed by atoms with van der Waals surface area (Å²) in [5, 5.41) is 0. The largest absolute Gasteiger partial charge is 0.303 e. The zero-order chi connectivity index (χ0) is 13.2. The average molecular weight is 253 g/mol. The molecule has 3 heteroatoms. The summed E-state index contributed by atoms with van der Waals surface area (Å²) in [6, 6.07) is 0. The molecule has 2 aliphatic rings. The quantitative estimate of drug-likeness (QED) is 0.759. The lowest BCUT2D eigenvalue weighted by molar-refractivity contribution is 0.0558. The van der Waals surface area contributed by atoms with E-state index < -0.39 is 0 Å². The highest BCUT2D eigenvalue weighted by molar-refractivity contribution is 4.84. The number of piperazine rings is 1. The second-order valence-corrected chi connectivity index (χ2v) is 7.01. The third-order valence-electron chi connectivity index (χ3n) is 4.65. The number of rotatable bonds is 3. The minimum Gasteiger partial charge on any atom is -0.303 e. The van der Waals surface area contributed by atoms with Crippen LogP contribution in [0.2, 0.25) is 0 Å². The van der Waals surface area contributed by atoms with Gasteiger partial charge in [0.15, 0.2) is 0 Å². The third-order valence-corrected chi connectivity index (χ3v) is 4.65. The van der Waals surface area contributed by atoms with Crippen molar-refractivity contribution in [2.24, 2.45) is 5.92 Å². The maximum Gasteiger partial charge on any atom is 0.0126 e. The first kappa shape index (κ1) is 14.3. The van der Waals surface area contributed by atoms with Crippen LogP contribution in [0.1, 0.15) is 34.1 Å². The Morgan fingerprint density at radius 1 is 0.944 bits per heavy atom. The highest BCUT2D eigenvalue weighted by atomic mass is 15.3. The van der Waals surface area contributed by atoms with Gasteiger partial charge in [-0.1, -0.05) is 6.92 Å². The van der Waals surface area contributed by atoms with Gasteiger partial charge < -0.3 is 9.80 Å². The maximum atomic E-state index is 2.69. The summed E-state index contributed by atoms with van der Waals surface area (Å²) in [5.41, 5.74) is 0.346. The Hall–Kier alpha value is -0.120. The molecule has 2 aliphatic heterocycles. The molecule has 2 heterocycles. The molecule has 1 atom stereocenters. The van der Waals surface area contributed by atoms with Crippen molar-refractivity contribution in [3.05, 3.63) is 0 Å². The molecule has 0 radical (unpaired) electrons. The zero-order valence-corrected chi connectivity index (χ0v) is 12.8. The van der Waals surface area contributed by atoms with Crippen molar-refractivity contribution in [1.29, 1.82) is 0 Å². The molecule has 0 aromatic carbocycles. The molecule has 0 aromatic heterocycles. The Kier molecular flexibility index (Phi) is 4.68. The highest BCUT2D eigenvalue weighted by Gasteiger charge is 2.28. The van der Waals surface area contributed by atoms with E-state index in [0.717, 1.165) is 5.92 Å². The van der Waals surface area contributed by atoms with Gasteiger partial charge in [0.2, 0.25) is 0 Å². The lowest BCUT2D eigenvalue weighted by atomic mass is 10.0. The number of hydrogen-bond acceptors (Lipinski definition) is 3. The van der Waals surface area contributed by atoms with Crippen LogP contribution in [0.4, 0.5) is 0 Å². The van der Waals surface area contributed by atoms with E-state index in [4.69, 9.17) is 0 Å². The van der Waals surface area contributed by atoms with Crippen LogP contribution in [0.25, 0.3) is 0 Å². The van der Waals surface area contributed by atoms with Gasteiger partial charge in [0, 0.05) is 44.8 Å². The van der Waals surface area contributed by atoms with E-state index in [1.165, 1.54) is 58.8 Å². The number of hydrogen-bond donors (Lipinski definition) is 0. The van der Waals surface area contributed by atoms with Gasteiger partial charge in [0.1, 0.15) is 0 Å². The first-order chi connectivity index (χ1) is 8.49. The van der Waals surface area contributed by atoms with Crippen molar-refractivity contribution in [2.45, 2.75) is 39.7 Å². The van der Waals surface area contributed by atoms with E-state index >= 15 is 0 Å². The normalized spacial score (nSPS) is 29.0. The molecule has 106 valence electrons. The summed E-state index contributed by atoms with van der Waals surface area (Å²) in [6.07, 6.45) is 1.41. The molecule has 0 unspecified atom stereocenters. The van der Waals surface area contributed by atoms with Crippen molar-refractivity contribution in [3.63, 3.8) is 0 Å². The van der Waals surface area contributed by atoms with E-state index in [9.17, 15) is 0 Å². The highest BCUT2D eigenvalue weighted by Crippen LogP contribution is 2.20. The van der Waals surface area contributed by atoms with Crippen LogP contribution in [0.3, 0.4) is 0 Å². The minimum absolute atomic E-state index is 0.346. The smallest absolute Gasteiger partial charge is 0.0126 e. The number of nitrogens with zero attached hydrogens (tertiary/aromatic N) is 3. The van der Waals surface area contributed by atoms with Crippen molar-refractivity contribution in [2.75, 3.05) is 52.4 Å². The Labute approximate surface area is 113 Å². The van der Waals surface area contributed by atoms with Gasteiger partial charge in [-0.25, -0.2) is 0 Å². The summed E-state index contributed by atoms with van der Waals surface area (Å²) in [7, 11) is 0. The molecule has 0 amide bonds. The summed E-state index contributed by atoms with van der Waals surface area (Å²) in [4.78, 5) is 7.90. The second-order valence-electron chi connectivity index (χ2n) is 7.01. The van der Waals surface area contributed by atoms with Crippen LogP contribution in [-0.4, -0.2) is 72.6 Å². The predicted octanol–water partition coefficient (Wildman–Crippen LogP) is 1.74. The summed E-state index contributed by atoms with van der Waals surface area (Å²) >= 11 is 0. The van der Waals surface area contributed by atoms with Gasteiger partial charge in [-0.3, -0.25) is 4.90 Å². The second kappa shape index (κ2) is 5.89. The fourth-order valence-corrected chi connectivity index (χ4v) is 3.32. The molecule has 2 rings (SSSR count). The lowest BCUT2D eigenvalue weighted by Gasteiger charge is -2.42. The molecule has 3 nitrogen and oxygen atoms in total. The van der Waals surface area contributed by atoms with Gasteiger partial charge in [0.05, 0.1) is 0 Å². The summed E-state index contributed by atoms with van der Waals surface area (Å²) in [6.45, 7) is 19.5. The molecular formula is C15H31N3. The minimum atomic E-state index is 0.346. The van der Waals surface area contributed by atoms with Crippen molar-refractivity contribution < 1.29 is 0 Å². The van der Waals surface area contributed by atoms with Gasteiger partial charge >= 0.3 is 0 Å². The van der Waals surface area contributed by atoms with Crippen LogP contribution in [0.15, 0.2) is 0 Å². The van der Waals surface area contributed by atoms with Gasteiger partial charge in [0.25, 0.3) is 0 Å². The molecule has 0 N–H and O–H groups in total. The SMILES string of the molecule is CCN1CC[C@H](CN2CCN(C(C)(C)C)CC2)C1. The average Bonchev–Trinajstić information content (AvgIpc) is 2.76. The molecule has 18 heavy (non-hydrogen) atoms. The van der Waals surface area contributed by atoms with Crippen LogP contribution < -0.4 is 0 Å². The topological polar surface area (TPSA) is 9.72 Å². The Morgan fingerprint density at radius 3 is 2.11 bits per heavy atom. The molecule has 0 aliphatic carbocycles. The van der Waals surface area contributed by atoms with Crippen molar-refractivity contribution >= 4 is 0 Å². The van der Waals surface area contributed by atoms with E-state index in [1.54, 1.807) is 0 Å². The standard InChI is InChI=1S/C15H31N3/c1-5-16-7-6-14(12-16)13-17-8-10-18(11-9-17)15(2,3)4/h14H,5-13H2,1-4H3/t14-/m0/s1.